The monoisotopic (exact) mass is 444 g/mol. The van der Waals surface area contributed by atoms with Gasteiger partial charge in [-0.25, -0.2) is 9.89 Å². The fourth-order valence-corrected chi connectivity index (χ4v) is 9.93. The Balaban J connectivity index is 1.37. The minimum absolute atomic E-state index is 0.113. The van der Waals surface area contributed by atoms with E-state index in [1.54, 1.807) is 0 Å². The van der Waals surface area contributed by atoms with E-state index in [-0.39, 0.29) is 6.10 Å². The molecular weight excluding hydrogens is 400 g/mol. The lowest BCUT2D eigenvalue weighted by atomic mass is 9.41. The summed E-state index contributed by atoms with van der Waals surface area (Å²) in [5.74, 6) is 4.40. The highest BCUT2D eigenvalue weighted by Crippen LogP contribution is 2.69. The summed E-state index contributed by atoms with van der Waals surface area (Å²) in [5, 5.41) is 18.2. The van der Waals surface area contributed by atoms with Gasteiger partial charge in [0, 0.05) is 6.42 Å². The van der Waals surface area contributed by atoms with Crippen molar-refractivity contribution in [3.05, 3.63) is 16.4 Å². The first-order valence-corrected chi connectivity index (χ1v) is 13.5. The first-order valence-electron chi connectivity index (χ1n) is 13.5. The number of aliphatic hydroxyl groups excluding tert-OH is 1. The molecule has 0 radical (unpaired) electrons. The molecular formula is C27H44N2O3. The van der Waals surface area contributed by atoms with Crippen LogP contribution in [0.5, 0.6) is 0 Å². The molecule has 0 aliphatic heterocycles. The summed E-state index contributed by atoms with van der Waals surface area (Å²) in [4.78, 5) is 11.3. The number of rotatable bonds is 5. The lowest BCUT2D eigenvalue weighted by molar-refractivity contribution is -0.194. The molecule has 2 N–H and O–H groups in total. The van der Waals surface area contributed by atoms with Gasteiger partial charge in [-0.2, -0.15) is 0 Å². The van der Waals surface area contributed by atoms with Gasteiger partial charge in [0.15, 0.2) is 0 Å². The third kappa shape index (κ3) is 3.35. The van der Waals surface area contributed by atoms with Gasteiger partial charge in [0.05, 0.1) is 6.10 Å². The van der Waals surface area contributed by atoms with E-state index < -0.39 is 5.76 Å². The van der Waals surface area contributed by atoms with Crippen LogP contribution >= 0.6 is 0 Å². The molecule has 1 aromatic heterocycles. The number of hydrogen-bond donors (Lipinski definition) is 2. The summed E-state index contributed by atoms with van der Waals surface area (Å²) in [6.07, 6.45) is 13.4. The first-order chi connectivity index (χ1) is 15.3. The van der Waals surface area contributed by atoms with Crippen molar-refractivity contribution in [2.24, 2.45) is 52.3 Å². The minimum Gasteiger partial charge on any atom is -0.393 e. The van der Waals surface area contributed by atoms with Crippen LogP contribution in [0.1, 0.15) is 97.8 Å². The average molecular weight is 445 g/mol. The Morgan fingerprint density at radius 1 is 1.09 bits per heavy atom. The minimum atomic E-state index is -0.454. The van der Waals surface area contributed by atoms with Crippen LogP contribution in [0.4, 0.5) is 0 Å². The number of aliphatic hydroxyl groups is 1. The van der Waals surface area contributed by atoms with Gasteiger partial charge in [0.2, 0.25) is 5.89 Å². The van der Waals surface area contributed by atoms with Gasteiger partial charge < -0.3 is 9.52 Å². The van der Waals surface area contributed by atoms with E-state index in [1.165, 1.54) is 51.4 Å². The SMILES string of the molecule is CC[C@H]1[C@@H](O)C2C3CCC([C@H](C)CCc4n[nH]c(=O)o4)[C@@]3(C)CCC2[C@@]2(C)CCCC[C@@H]12. The normalized spacial score (nSPS) is 46.8. The second-order valence-corrected chi connectivity index (χ2v) is 12.5. The van der Waals surface area contributed by atoms with Gasteiger partial charge in [0.1, 0.15) is 0 Å². The Kier molecular flexibility index (Phi) is 5.87. The van der Waals surface area contributed by atoms with Crippen LogP contribution < -0.4 is 5.76 Å². The number of nitrogens with zero attached hydrogens (tertiary/aromatic N) is 1. The van der Waals surface area contributed by atoms with Gasteiger partial charge in [-0.3, -0.25) is 0 Å². The zero-order chi connectivity index (χ0) is 22.7. The third-order valence-corrected chi connectivity index (χ3v) is 11.4. The molecule has 180 valence electrons. The highest BCUT2D eigenvalue weighted by atomic mass is 16.4. The van der Waals surface area contributed by atoms with Crippen molar-refractivity contribution < 1.29 is 9.52 Å². The Morgan fingerprint density at radius 3 is 2.59 bits per heavy atom. The van der Waals surface area contributed by atoms with Crippen molar-refractivity contribution in [2.75, 3.05) is 0 Å². The summed E-state index contributed by atoms with van der Waals surface area (Å²) in [6.45, 7) is 9.87. The lowest BCUT2D eigenvalue weighted by Gasteiger charge is -2.64. The fourth-order valence-electron chi connectivity index (χ4n) is 9.93. The van der Waals surface area contributed by atoms with E-state index in [2.05, 4.69) is 37.9 Å². The molecule has 32 heavy (non-hydrogen) atoms. The van der Waals surface area contributed by atoms with Gasteiger partial charge in [-0.15, -0.1) is 5.10 Å². The van der Waals surface area contributed by atoms with Gasteiger partial charge >= 0.3 is 5.76 Å². The Bertz CT molecular complexity index is 863. The van der Waals surface area contributed by atoms with E-state index in [1.807, 2.05) is 0 Å². The van der Waals surface area contributed by atoms with Crippen molar-refractivity contribution in [2.45, 2.75) is 104 Å². The Hall–Kier alpha value is -1.10. The lowest BCUT2D eigenvalue weighted by Crippen LogP contribution is -2.61. The van der Waals surface area contributed by atoms with Crippen molar-refractivity contribution in [3.63, 3.8) is 0 Å². The maximum absolute atomic E-state index is 11.8. The van der Waals surface area contributed by atoms with Crippen LogP contribution in [0.25, 0.3) is 0 Å². The van der Waals surface area contributed by atoms with Gasteiger partial charge in [-0.1, -0.05) is 47.0 Å². The largest absolute Gasteiger partial charge is 0.434 e. The van der Waals surface area contributed by atoms with Crippen LogP contribution in [0.3, 0.4) is 0 Å². The van der Waals surface area contributed by atoms with Gasteiger partial charge in [0.25, 0.3) is 0 Å². The number of aromatic nitrogens is 2. The smallest absolute Gasteiger partial charge is 0.393 e. The number of nitrogens with one attached hydrogen (secondary N) is 1. The van der Waals surface area contributed by atoms with Crippen LogP contribution in [-0.2, 0) is 6.42 Å². The average Bonchev–Trinajstić information content (AvgIpc) is 3.35. The molecule has 5 heteroatoms. The summed E-state index contributed by atoms with van der Waals surface area (Å²) in [7, 11) is 0. The van der Waals surface area contributed by atoms with Crippen LogP contribution in [0.15, 0.2) is 9.21 Å². The molecule has 10 atom stereocenters. The number of hydrogen-bond acceptors (Lipinski definition) is 4. The molecule has 4 fully saturated rings. The molecule has 0 amide bonds. The second-order valence-electron chi connectivity index (χ2n) is 12.5. The quantitative estimate of drug-likeness (QED) is 0.621. The van der Waals surface area contributed by atoms with E-state index in [0.717, 1.165) is 25.2 Å². The summed E-state index contributed by atoms with van der Waals surface area (Å²) >= 11 is 0. The topological polar surface area (TPSA) is 79.1 Å². The van der Waals surface area contributed by atoms with E-state index in [9.17, 15) is 9.90 Å². The van der Waals surface area contributed by atoms with Crippen molar-refractivity contribution in [3.8, 4) is 0 Å². The number of aryl methyl sites for hydroxylation is 1. The number of H-pyrrole nitrogens is 1. The van der Waals surface area contributed by atoms with E-state index in [0.29, 0.717) is 52.2 Å². The van der Waals surface area contributed by atoms with E-state index in [4.69, 9.17) is 4.42 Å². The highest BCUT2D eigenvalue weighted by Gasteiger charge is 2.64. The third-order valence-electron chi connectivity index (χ3n) is 11.4. The maximum atomic E-state index is 11.8. The molecule has 4 aliphatic carbocycles. The standard InChI is InChI=1S/C27H44N2O3/c1-5-17-19-8-6-7-14-26(19,3)21-13-15-27(4)18(10-11-20(27)23(21)24(17)30)16(2)9-12-22-28-29-25(31)32-22/h16-21,23-24,30H,5-15H2,1-4H3,(H,29,31)/t16-,17-,18?,19+,20?,21?,23?,24-,26+,27-/m1/s1. The zero-order valence-electron chi connectivity index (χ0n) is 20.6. The molecule has 0 spiro atoms. The van der Waals surface area contributed by atoms with Crippen LogP contribution in [0.2, 0.25) is 0 Å². The first kappa shape index (κ1) is 22.7. The molecule has 0 bridgehead atoms. The van der Waals surface area contributed by atoms with E-state index >= 15 is 0 Å². The predicted octanol–water partition coefficient (Wildman–Crippen LogP) is 5.59. The summed E-state index contributed by atoms with van der Waals surface area (Å²) < 4.78 is 5.14. The summed E-state index contributed by atoms with van der Waals surface area (Å²) in [6, 6.07) is 0. The van der Waals surface area contributed by atoms with Crippen LogP contribution in [0, 0.1) is 52.3 Å². The van der Waals surface area contributed by atoms with Gasteiger partial charge in [-0.05, 0) is 97.2 Å². The molecule has 1 heterocycles. The highest BCUT2D eigenvalue weighted by molar-refractivity contribution is 5.13. The second kappa shape index (κ2) is 8.29. The number of aromatic amines is 1. The molecule has 4 saturated carbocycles. The molecule has 1 aromatic rings. The summed E-state index contributed by atoms with van der Waals surface area (Å²) in [5.41, 5.74) is 0.759. The molecule has 5 rings (SSSR count). The number of fused-ring (bicyclic) bond motifs is 5. The van der Waals surface area contributed by atoms with Crippen molar-refractivity contribution in [1.29, 1.82) is 0 Å². The molecule has 0 aromatic carbocycles. The zero-order valence-corrected chi connectivity index (χ0v) is 20.6. The Labute approximate surface area is 193 Å². The Morgan fingerprint density at radius 2 is 1.88 bits per heavy atom. The molecule has 5 nitrogen and oxygen atoms in total. The van der Waals surface area contributed by atoms with Crippen LogP contribution in [-0.4, -0.2) is 21.4 Å². The fraction of sp³-hybridized carbons (Fsp3) is 0.926. The van der Waals surface area contributed by atoms with Crippen molar-refractivity contribution in [1.82, 2.24) is 10.2 Å². The molecule has 4 aliphatic rings. The maximum Gasteiger partial charge on any atom is 0.434 e. The van der Waals surface area contributed by atoms with Crippen molar-refractivity contribution >= 4 is 0 Å². The predicted molar refractivity (Wildman–Crippen MR) is 125 cm³/mol. The molecule has 0 saturated heterocycles. The molecule has 4 unspecified atom stereocenters.